The van der Waals surface area contributed by atoms with Gasteiger partial charge in [-0.25, -0.2) is 0 Å². The molecule has 0 spiro atoms. The fourth-order valence-corrected chi connectivity index (χ4v) is 1.70. The molecule has 2 aromatic rings. The van der Waals surface area contributed by atoms with E-state index in [1.807, 2.05) is 24.3 Å². The summed E-state index contributed by atoms with van der Waals surface area (Å²) in [6, 6.07) is 14.8. The number of nitrogens with zero attached hydrogens (tertiary/aromatic N) is 2. The molecule has 0 fully saturated rings. The van der Waals surface area contributed by atoms with Crippen molar-refractivity contribution in [3.63, 3.8) is 0 Å². The van der Waals surface area contributed by atoms with Crippen LogP contribution in [-0.4, -0.2) is 10.9 Å². The second kappa shape index (κ2) is 6.31. The van der Waals surface area contributed by atoms with Crippen molar-refractivity contribution in [1.82, 2.24) is 4.98 Å². The summed E-state index contributed by atoms with van der Waals surface area (Å²) in [4.78, 5) is 15.9. The molecule has 0 aliphatic heterocycles. The molecule has 1 amide bonds. The lowest BCUT2D eigenvalue weighted by Gasteiger charge is -2.10. The monoisotopic (exact) mass is 251 g/mol. The molecule has 1 unspecified atom stereocenters. The van der Waals surface area contributed by atoms with Gasteiger partial charge in [-0.15, -0.1) is 0 Å². The lowest BCUT2D eigenvalue weighted by molar-refractivity contribution is -0.118. The first kappa shape index (κ1) is 12.8. The zero-order valence-electron chi connectivity index (χ0n) is 10.3. The molecule has 0 saturated heterocycles. The number of hydrogen-bond donors (Lipinski definition) is 1. The largest absolute Gasteiger partial charge is 0.325 e. The number of amides is 1. The summed E-state index contributed by atoms with van der Waals surface area (Å²) in [5.41, 5.74) is 1.62. The van der Waals surface area contributed by atoms with Crippen LogP contribution in [0.2, 0.25) is 0 Å². The number of nitrogens with one attached hydrogen (secondary N) is 1. The second-order valence-electron chi connectivity index (χ2n) is 4.10. The minimum absolute atomic E-state index is 0.287. The highest BCUT2D eigenvalue weighted by Gasteiger charge is 2.18. The van der Waals surface area contributed by atoms with Gasteiger partial charge in [0.25, 0.3) is 0 Å². The van der Waals surface area contributed by atoms with Gasteiger partial charge in [0.2, 0.25) is 5.91 Å². The normalized spacial score (nSPS) is 11.3. The highest BCUT2D eigenvalue weighted by molar-refractivity contribution is 5.94. The van der Waals surface area contributed by atoms with Crippen molar-refractivity contribution >= 4 is 11.6 Å². The average Bonchev–Trinajstić information content (AvgIpc) is 2.47. The first-order valence-electron chi connectivity index (χ1n) is 5.94. The predicted octanol–water partition coefficient (Wildman–Crippen LogP) is 2.40. The minimum Gasteiger partial charge on any atom is -0.325 e. The smallest absolute Gasteiger partial charge is 0.242 e. The number of nitriles is 1. The van der Waals surface area contributed by atoms with Crippen LogP contribution in [-0.2, 0) is 11.2 Å². The van der Waals surface area contributed by atoms with Gasteiger partial charge < -0.3 is 5.32 Å². The second-order valence-corrected chi connectivity index (χ2v) is 4.10. The summed E-state index contributed by atoms with van der Waals surface area (Å²) in [7, 11) is 0. The van der Waals surface area contributed by atoms with Crippen LogP contribution >= 0.6 is 0 Å². The van der Waals surface area contributed by atoms with E-state index in [1.165, 1.54) is 0 Å². The van der Waals surface area contributed by atoms with Crippen LogP contribution < -0.4 is 5.32 Å². The molecule has 94 valence electrons. The number of rotatable bonds is 4. The molecular formula is C15H13N3O. The van der Waals surface area contributed by atoms with E-state index in [1.54, 1.807) is 36.7 Å². The summed E-state index contributed by atoms with van der Waals surface area (Å²) in [5.74, 6) is -0.992. The molecule has 1 atom stereocenters. The molecule has 1 aromatic heterocycles. The summed E-state index contributed by atoms with van der Waals surface area (Å²) in [6.45, 7) is 0. The highest BCUT2D eigenvalue weighted by Crippen LogP contribution is 2.11. The van der Waals surface area contributed by atoms with Crippen LogP contribution in [0.25, 0.3) is 0 Å². The molecule has 0 aliphatic rings. The Kier molecular flexibility index (Phi) is 4.25. The number of carbonyl (C=O) groups is 1. The third-order valence-corrected chi connectivity index (χ3v) is 2.70. The molecule has 19 heavy (non-hydrogen) atoms. The molecule has 0 saturated carbocycles. The molecule has 2 rings (SSSR count). The maximum Gasteiger partial charge on any atom is 0.242 e. The fraction of sp³-hybridized carbons (Fsp3) is 0.133. The molecule has 1 heterocycles. The van der Waals surface area contributed by atoms with Gasteiger partial charge in [0.15, 0.2) is 0 Å². The maximum atomic E-state index is 12.0. The first-order chi connectivity index (χ1) is 9.29. The molecular weight excluding hydrogens is 238 g/mol. The van der Waals surface area contributed by atoms with Crippen LogP contribution in [0, 0.1) is 17.2 Å². The van der Waals surface area contributed by atoms with Gasteiger partial charge in [0.1, 0.15) is 5.92 Å². The molecule has 0 radical (unpaired) electrons. The van der Waals surface area contributed by atoms with Crippen LogP contribution in [0.15, 0.2) is 54.9 Å². The van der Waals surface area contributed by atoms with Crippen LogP contribution in [0.3, 0.4) is 0 Å². The van der Waals surface area contributed by atoms with Crippen LogP contribution in [0.4, 0.5) is 5.69 Å². The Bertz CT molecular complexity index is 575. The van der Waals surface area contributed by atoms with Crippen molar-refractivity contribution in [2.75, 3.05) is 5.32 Å². The number of aromatic nitrogens is 1. The van der Waals surface area contributed by atoms with Gasteiger partial charge >= 0.3 is 0 Å². The fourth-order valence-electron chi connectivity index (χ4n) is 1.70. The Morgan fingerprint density at radius 1 is 1.21 bits per heavy atom. The van der Waals surface area contributed by atoms with Gasteiger partial charge in [-0.2, -0.15) is 5.26 Å². The lowest BCUT2D eigenvalue weighted by atomic mass is 10.0. The standard InChI is InChI=1S/C15H13N3O/c16-11-13(10-12-6-8-17-9-7-12)15(19)18-14-4-2-1-3-5-14/h1-9,13H,10H2,(H,18,19). The molecule has 4 heteroatoms. The summed E-state index contributed by atoms with van der Waals surface area (Å²) >= 11 is 0. The van der Waals surface area contributed by atoms with E-state index in [9.17, 15) is 4.79 Å². The van der Waals surface area contributed by atoms with Crippen molar-refractivity contribution in [2.45, 2.75) is 6.42 Å². The topological polar surface area (TPSA) is 65.8 Å². The first-order valence-corrected chi connectivity index (χ1v) is 5.94. The van der Waals surface area contributed by atoms with Gasteiger partial charge in [-0.3, -0.25) is 9.78 Å². The number of hydrogen-bond acceptors (Lipinski definition) is 3. The quantitative estimate of drug-likeness (QED) is 0.907. The zero-order valence-corrected chi connectivity index (χ0v) is 10.3. The Morgan fingerprint density at radius 2 is 1.89 bits per heavy atom. The number of pyridine rings is 1. The SMILES string of the molecule is N#CC(Cc1ccncc1)C(=O)Nc1ccccc1. The third kappa shape index (κ3) is 3.65. The Labute approximate surface area is 111 Å². The van der Waals surface area contributed by atoms with E-state index < -0.39 is 5.92 Å². The number of carbonyl (C=O) groups excluding carboxylic acids is 1. The lowest BCUT2D eigenvalue weighted by Crippen LogP contribution is -2.23. The van der Waals surface area contributed by atoms with E-state index in [2.05, 4.69) is 10.3 Å². The van der Waals surface area contributed by atoms with Crippen molar-refractivity contribution in [3.05, 3.63) is 60.4 Å². The minimum atomic E-state index is -0.706. The molecule has 1 N–H and O–H groups in total. The van der Waals surface area contributed by atoms with E-state index in [4.69, 9.17) is 5.26 Å². The number of benzene rings is 1. The van der Waals surface area contributed by atoms with E-state index >= 15 is 0 Å². The highest BCUT2D eigenvalue weighted by atomic mass is 16.1. The van der Waals surface area contributed by atoms with Crippen molar-refractivity contribution in [3.8, 4) is 6.07 Å². The molecule has 0 aliphatic carbocycles. The van der Waals surface area contributed by atoms with E-state index in [-0.39, 0.29) is 5.91 Å². The van der Waals surface area contributed by atoms with E-state index in [0.717, 1.165) is 5.56 Å². The van der Waals surface area contributed by atoms with Crippen LogP contribution in [0.1, 0.15) is 5.56 Å². The number of anilines is 1. The maximum absolute atomic E-state index is 12.0. The van der Waals surface area contributed by atoms with Crippen molar-refractivity contribution in [1.29, 1.82) is 5.26 Å². The Hall–Kier alpha value is -2.67. The Balaban J connectivity index is 2.02. The van der Waals surface area contributed by atoms with E-state index in [0.29, 0.717) is 12.1 Å². The third-order valence-electron chi connectivity index (χ3n) is 2.70. The van der Waals surface area contributed by atoms with Crippen LogP contribution in [0.5, 0.6) is 0 Å². The summed E-state index contributed by atoms with van der Waals surface area (Å²) in [5, 5.41) is 11.8. The van der Waals surface area contributed by atoms with Crippen molar-refractivity contribution in [2.24, 2.45) is 5.92 Å². The summed E-state index contributed by atoms with van der Waals surface area (Å²) in [6.07, 6.45) is 3.69. The zero-order chi connectivity index (χ0) is 13.5. The van der Waals surface area contributed by atoms with Gasteiger partial charge in [-0.05, 0) is 36.2 Å². The molecule has 1 aromatic carbocycles. The van der Waals surface area contributed by atoms with Gasteiger partial charge in [-0.1, -0.05) is 18.2 Å². The predicted molar refractivity (Wildman–Crippen MR) is 72.1 cm³/mol. The van der Waals surface area contributed by atoms with Gasteiger partial charge in [0.05, 0.1) is 6.07 Å². The summed E-state index contributed by atoms with van der Waals surface area (Å²) < 4.78 is 0. The van der Waals surface area contributed by atoms with Crippen molar-refractivity contribution < 1.29 is 4.79 Å². The Morgan fingerprint density at radius 3 is 2.53 bits per heavy atom. The molecule has 4 nitrogen and oxygen atoms in total. The molecule has 0 bridgehead atoms. The number of para-hydroxylation sites is 1. The average molecular weight is 251 g/mol. The van der Waals surface area contributed by atoms with Gasteiger partial charge in [0, 0.05) is 18.1 Å².